The summed E-state index contributed by atoms with van der Waals surface area (Å²) in [7, 11) is 1.82. The number of carbonyl (C=O) groups is 1. The summed E-state index contributed by atoms with van der Waals surface area (Å²) in [5.41, 5.74) is 1.94. The minimum atomic E-state index is -0.301. The predicted molar refractivity (Wildman–Crippen MR) is 104 cm³/mol. The van der Waals surface area contributed by atoms with Gasteiger partial charge in [0.1, 0.15) is 11.5 Å². The van der Waals surface area contributed by atoms with Crippen LogP contribution in [0.15, 0.2) is 35.8 Å². The number of hydrogen-bond donors (Lipinski definition) is 0. The van der Waals surface area contributed by atoms with Crippen LogP contribution in [0.2, 0.25) is 0 Å². The van der Waals surface area contributed by atoms with Crippen LogP contribution in [-0.2, 0) is 4.74 Å². The fraction of sp³-hybridized carbons (Fsp3) is 0.400. The van der Waals surface area contributed by atoms with Gasteiger partial charge in [-0.15, -0.1) is 11.3 Å². The molecule has 142 valence electrons. The van der Waals surface area contributed by atoms with Gasteiger partial charge in [-0.2, -0.15) is 0 Å². The highest BCUT2D eigenvalue weighted by Gasteiger charge is 2.20. The number of amides is 1. The minimum absolute atomic E-state index is 0.0414. The number of fused-ring (bicyclic) bond motifs is 1. The standard InChI is InChI=1S/C20H22FN3O2S/c1-23(9-8-16-7-2-3-10-26-16)19(25)18-13-27-20-22-17(12-24(18)20)14-5-4-6-15(21)11-14/h4-6,11-13,16H,2-3,7-10H2,1H3. The van der Waals surface area contributed by atoms with E-state index in [0.717, 1.165) is 30.8 Å². The minimum Gasteiger partial charge on any atom is -0.378 e. The molecular weight excluding hydrogens is 365 g/mol. The number of ether oxygens (including phenoxy) is 1. The summed E-state index contributed by atoms with van der Waals surface area (Å²) in [5, 5.41) is 1.83. The van der Waals surface area contributed by atoms with Crippen LogP contribution in [0.5, 0.6) is 0 Å². The highest BCUT2D eigenvalue weighted by molar-refractivity contribution is 7.15. The molecule has 27 heavy (non-hydrogen) atoms. The maximum Gasteiger partial charge on any atom is 0.271 e. The highest BCUT2D eigenvalue weighted by atomic mass is 32.1. The lowest BCUT2D eigenvalue weighted by Gasteiger charge is -2.25. The average molecular weight is 387 g/mol. The number of aromatic nitrogens is 2. The van der Waals surface area contributed by atoms with Gasteiger partial charge in [-0.3, -0.25) is 9.20 Å². The lowest BCUT2D eigenvalue weighted by Crippen LogP contribution is -2.32. The van der Waals surface area contributed by atoms with Crippen molar-refractivity contribution in [1.82, 2.24) is 14.3 Å². The molecule has 1 fully saturated rings. The summed E-state index contributed by atoms with van der Waals surface area (Å²) >= 11 is 1.41. The second-order valence-electron chi connectivity index (χ2n) is 6.91. The number of hydrogen-bond acceptors (Lipinski definition) is 4. The van der Waals surface area contributed by atoms with Crippen molar-refractivity contribution >= 4 is 22.2 Å². The first-order valence-electron chi connectivity index (χ1n) is 9.21. The summed E-state index contributed by atoms with van der Waals surface area (Å²) in [6.07, 6.45) is 6.31. The van der Waals surface area contributed by atoms with Crippen molar-refractivity contribution in [2.24, 2.45) is 0 Å². The van der Waals surface area contributed by atoms with Gasteiger partial charge in [0.15, 0.2) is 4.96 Å². The maximum atomic E-state index is 13.5. The molecule has 4 rings (SSSR count). The number of nitrogens with zero attached hydrogens (tertiary/aromatic N) is 3. The fourth-order valence-corrected chi connectivity index (χ4v) is 4.24. The Morgan fingerprint density at radius 2 is 2.33 bits per heavy atom. The molecule has 1 aliphatic heterocycles. The van der Waals surface area contributed by atoms with Crippen LogP contribution in [0.3, 0.4) is 0 Å². The molecular formula is C20H22FN3O2S. The van der Waals surface area contributed by atoms with Crippen molar-refractivity contribution in [2.45, 2.75) is 31.8 Å². The average Bonchev–Trinajstić information content (AvgIpc) is 3.27. The van der Waals surface area contributed by atoms with Gasteiger partial charge < -0.3 is 9.64 Å². The van der Waals surface area contributed by atoms with Crippen molar-refractivity contribution in [1.29, 1.82) is 0 Å². The van der Waals surface area contributed by atoms with E-state index < -0.39 is 0 Å². The van der Waals surface area contributed by atoms with Gasteiger partial charge in [0.2, 0.25) is 0 Å². The molecule has 0 aliphatic carbocycles. The zero-order valence-electron chi connectivity index (χ0n) is 15.2. The Hall–Kier alpha value is -2.25. The van der Waals surface area contributed by atoms with Crippen LogP contribution in [0.4, 0.5) is 4.39 Å². The molecule has 3 aromatic rings. The summed E-state index contributed by atoms with van der Waals surface area (Å²) in [6.45, 7) is 1.48. The molecule has 1 aliphatic rings. The van der Waals surface area contributed by atoms with E-state index >= 15 is 0 Å². The zero-order chi connectivity index (χ0) is 18.8. The SMILES string of the molecule is CN(CCC1CCCCO1)C(=O)c1csc2nc(-c3cccc(F)c3)cn12. The molecule has 0 N–H and O–H groups in total. The Morgan fingerprint density at radius 1 is 1.44 bits per heavy atom. The lowest BCUT2D eigenvalue weighted by molar-refractivity contribution is 0.00705. The largest absolute Gasteiger partial charge is 0.378 e. The van der Waals surface area contributed by atoms with E-state index in [-0.39, 0.29) is 17.8 Å². The molecule has 1 unspecified atom stereocenters. The molecule has 0 saturated carbocycles. The summed E-state index contributed by atoms with van der Waals surface area (Å²) in [6, 6.07) is 6.32. The monoisotopic (exact) mass is 387 g/mol. The number of benzene rings is 1. The predicted octanol–water partition coefficient (Wildman–Crippen LogP) is 4.23. The van der Waals surface area contributed by atoms with Crippen LogP contribution in [-0.4, -0.2) is 46.5 Å². The molecule has 3 heterocycles. The molecule has 7 heteroatoms. The van der Waals surface area contributed by atoms with Crippen molar-refractivity contribution in [3.63, 3.8) is 0 Å². The van der Waals surface area contributed by atoms with E-state index in [9.17, 15) is 9.18 Å². The van der Waals surface area contributed by atoms with Crippen molar-refractivity contribution in [2.75, 3.05) is 20.2 Å². The van der Waals surface area contributed by atoms with Crippen LogP contribution in [0.1, 0.15) is 36.2 Å². The number of thiazole rings is 1. The molecule has 0 radical (unpaired) electrons. The van der Waals surface area contributed by atoms with Crippen LogP contribution >= 0.6 is 11.3 Å². The molecule has 2 aromatic heterocycles. The fourth-order valence-electron chi connectivity index (χ4n) is 3.39. The molecule has 1 saturated heterocycles. The Balaban J connectivity index is 1.50. The normalized spacial score (nSPS) is 17.3. The number of carbonyl (C=O) groups excluding carboxylic acids is 1. The summed E-state index contributed by atoms with van der Waals surface area (Å²) in [4.78, 5) is 19.9. The Morgan fingerprint density at radius 3 is 3.11 bits per heavy atom. The molecule has 1 aromatic carbocycles. The highest BCUT2D eigenvalue weighted by Crippen LogP contribution is 2.25. The molecule has 1 atom stereocenters. The topological polar surface area (TPSA) is 46.8 Å². The molecule has 1 amide bonds. The van der Waals surface area contributed by atoms with Crippen LogP contribution < -0.4 is 0 Å². The molecule has 0 spiro atoms. The number of halogens is 1. The van der Waals surface area contributed by atoms with Crippen molar-refractivity contribution in [3.05, 3.63) is 47.4 Å². The Kier molecular flexibility index (Phi) is 5.22. The first-order chi connectivity index (χ1) is 13.1. The first kappa shape index (κ1) is 18.1. The van der Waals surface area contributed by atoms with E-state index in [1.807, 2.05) is 18.5 Å². The third-order valence-electron chi connectivity index (χ3n) is 4.96. The lowest BCUT2D eigenvalue weighted by atomic mass is 10.1. The third kappa shape index (κ3) is 3.89. The van der Waals surface area contributed by atoms with E-state index in [2.05, 4.69) is 4.98 Å². The van der Waals surface area contributed by atoms with Crippen LogP contribution in [0, 0.1) is 5.82 Å². The molecule has 5 nitrogen and oxygen atoms in total. The van der Waals surface area contributed by atoms with Gasteiger partial charge in [-0.1, -0.05) is 12.1 Å². The van der Waals surface area contributed by atoms with Gasteiger partial charge in [-0.25, -0.2) is 9.37 Å². The van der Waals surface area contributed by atoms with E-state index in [1.165, 1.54) is 29.9 Å². The maximum absolute atomic E-state index is 13.5. The second kappa shape index (κ2) is 7.78. The first-order valence-corrected chi connectivity index (χ1v) is 10.1. The summed E-state index contributed by atoms with van der Waals surface area (Å²) < 4.78 is 21.0. The van der Waals surface area contributed by atoms with E-state index in [0.29, 0.717) is 23.5 Å². The zero-order valence-corrected chi connectivity index (χ0v) is 16.0. The second-order valence-corrected chi connectivity index (χ2v) is 7.75. The number of imidazole rings is 1. The van der Waals surface area contributed by atoms with Gasteiger partial charge >= 0.3 is 0 Å². The van der Waals surface area contributed by atoms with Gasteiger partial charge in [-0.05, 0) is 37.8 Å². The Bertz CT molecular complexity index is 946. The summed E-state index contributed by atoms with van der Waals surface area (Å²) in [5.74, 6) is -0.343. The Labute approximate surface area is 161 Å². The van der Waals surface area contributed by atoms with Crippen LogP contribution in [0.25, 0.3) is 16.2 Å². The number of rotatable bonds is 5. The van der Waals surface area contributed by atoms with Gasteiger partial charge in [0.25, 0.3) is 5.91 Å². The quantitative estimate of drug-likeness (QED) is 0.658. The third-order valence-corrected chi connectivity index (χ3v) is 5.80. The molecule has 0 bridgehead atoms. The van der Waals surface area contributed by atoms with Gasteiger partial charge in [0, 0.05) is 37.3 Å². The van der Waals surface area contributed by atoms with Crippen molar-refractivity contribution in [3.8, 4) is 11.3 Å². The van der Waals surface area contributed by atoms with E-state index in [1.54, 1.807) is 21.6 Å². The van der Waals surface area contributed by atoms with E-state index in [4.69, 9.17) is 4.74 Å². The van der Waals surface area contributed by atoms with Gasteiger partial charge in [0.05, 0.1) is 11.8 Å². The smallest absolute Gasteiger partial charge is 0.271 e. The van der Waals surface area contributed by atoms with Crippen molar-refractivity contribution < 1.29 is 13.9 Å².